The number of nitrogens with zero attached hydrogens (tertiary/aromatic N) is 1. The van der Waals surface area contributed by atoms with Crippen LogP contribution in [0.5, 0.6) is 5.75 Å². The van der Waals surface area contributed by atoms with Crippen molar-refractivity contribution in [2.45, 2.75) is 36.8 Å². The van der Waals surface area contributed by atoms with Crippen molar-refractivity contribution in [3.8, 4) is 5.75 Å². The summed E-state index contributed by atoms with van der Waals surface area (Å²) < 4.78 is 25.7. The van der Waals surface area contributed by atoms with E-state index in [0.717, 1.165) is 5.75 Å². The first-order valence-corrected chi connectivity index (χ1v) is 11.2. The molecule has 2 N–H and O–H groups in total. The highest BCUT2D eigenvalue weighted by Gasteiger charge is 2.51. The summed E-state index contributed by atoms with van der Waals surface area (Å²) in [5.41, 5.74) is -1.20. The molecule has 0 atom stereocenters. The lowest BCUT2D eigenvalue weighted by atomic mass is 9.86. The van der Waals surface area contributed by atoms with E-state index in [1.165, 1.54) is 12.1 Å². The fourth-order valence-corrected chi connectivity index (χ4v) is 4.45. The van der Waals surface area contributed by atoms with E-state index in [9.17, 15) is 14.0 Å². The molecule has 1 amide bonds. The molecule has 4 rings (SSSR count). The zero-order chi connectivity index (χ0) is 23.5. The summed E-state index contributed by atoms with van der Waals surface area (Å²) in [6.45, 7) is 1.94. The van der Waals surface area contributed by atoms with Crippen LogP contribution in [0, 0.1) is 5.82 Å². The largest absolute Gasteiger partial charge is 0.492 e. The zero-order valence-corrected chi connectivity index (χ0v) is 19.9. The van der Waals surface area contributed by atoms with Crippen LogP contribution in [0.25, 0.3) is 0 Å². The molecule has 2 aromatic rings. The van der Waals surface area contributed by atoms with E-state index in [4.69, 9.17) is 14.6 Å². The molecule has 0 radical (unpaired) electrons. The van der Waals surface area contributed by atoms with E-state index in [2.05, 4.69) is 5.32 Å². The predicted octanol–water partition coefficient (Wildman–Crippen LogP) is 3.61. The Labute approximate surface area is 204 Å². The predicted molar refractivity (Wildman–Crippen MR) is 127 cm³/mol. The Balaban J connectivity index is 0.00000324. The van der Waals surface area contributed by atoms with E-state index in [1.54, 1.807) is 6.07 Å². The van der Waals surface area contributed by atoms with Crippen LogP contribution in [-0.4, -0.2) is 60.8 Å². The second-order valence-corrected chi connectivity index (χ2v) is 8.76. The van der Waals surface area contributed by atoms with Gasteiger partial charge in [0.25, 0.3) is 0 Å². The first-order valence-electron chi connectivity index (χ1n) is 11.2. The van der Waals surface area contributed by atoms with Crippen LogP contribution in [0.4, 0.5) is 4.39 Å². The van der Waals surface area contributed by atoms with Crippen molar-refractivity contribution >= 4 is 24.3 Å². The smallest absolute Gasteiger partial charge is 0.338 e. The molecule has 0 bridgehead atoms. The van der Waals surface area contributed by atoms with Gasteiger partial charge in [0.2, 0.25) is 5.91 Å². The van der Waals surface area contributed by atoms with E-state index in [-0.39, 0.29) is 23.9 Å². The topological polar surface area (TPSA) is 88.1 Å². The molecular formula is C25H30ClFN2O5. The number of amides is 1. The quantitative estimate of drug-likeness (QED) is 0.556. The molecule has 0 spiro atoms. The lowest BCUT2D eigenvalue weighted by Gasteiger charge is -2.43. The number of carbonyl (C=O) groups is 2. The van der Waals surface area contributed by atoms with Gasteiger partial charge in [0.05, 0.1) is 11.1 Å². The van der Waals surface area contributed by atoms with E-state index in [0.29, 0.717) is 57.6 Å². The molecule has 2 fully saturated rings. The van der Waals surface area contributed by atoms with Crippen LogP contribution in [0.1, 0.15) is 41.6 Å². The van der Waals surface area contributed by atoms with Crippen molar-refractivity contribution in [3.05, 3.63) is 65.5 Å². The van der Waals surface area contributed by atoms with Gasteiger partial charge in [0.1, 0.15) is 23.7 Å². The maximum Gasteiger partial charge on any atom is 0.338 e. The Morgan fingerprint density at radius 3 is 2.38 bits per heavy atom. The van der Waals surface area contributed by atoms with Gasteiger partial charge in [-0.05, 0) is 62.6 Å². The molecule has 2 aromatic carbocycles. The minimum absolute atomic E-state index is 0. The molecule has 0 unspecified atom stereocenters. The Bertz CT molecular complexity index is 1010. The van der Waals surface area contributed by atoms with Gasteiger partial charge in [-0.1, -0.05) is 24.3 Å². The number of carbonyl (C=O) groups excluding carboxylic acids is 1. The second-order valence-electron chi connectivity index (χ2n) is 8.76. The summed E-state index contributed by atoms with van der Waals surface area (Å²) in [6.07, 6.45) is 2.45. The Hall–Kier alpha value is -2.68. The normalized spacial score (nSPS) is 18.0. The van der Waals surface area contributed by atoms with Crippen molar-refractivity contribution in [1.82, 2.24) is 10.2 Å². The van der Waals surface area contributed by atoms with Crippen molar-refractivity contribution in [2.24, 2.45) is 0 Å². The number of ether oxygens (including phenoxy) is 2. The summed E-state index contributed by atoms with van der Waals surface area (Å²) in [6, 6.07) is 13.6. The fourth-order valence-electron chi connectivity index (χ4n) is 4.45. The van der Waals surface area contributed by atoms with E-state index >= 15 is 0 Å². The van der Waals surface area contributed by atoms with Crippen molar-refractivity contribution in [1.29, 1.82) is 0 Å². The number of likely N-dealkylation sites (N-methyl/N-ethyl adjacent to an activating group) is 1. The number of hydrogen-bond acceptors (Lipinski definition) is 5. The molecular weight excluding hydrogens is 463 g/mol. The first kappa shape index (κ1) is 25.9. The van der Waals surface area contributed by atoms with Gasteiger partial charge in [-0.2, -0.15) is 0 Å². The maximum absolute atomic E-state index is 14.3. The third-order valence-corrected chi connectivity index (χ3v) is 6.77. The SMILES string of the molecule is CN(CCOc1ccccc1)C1(C(=O)NC2(c3ccc(C(=O)O)c(F)c3)CC2)CCOCC1.Cl. The fraction of sp³-hybridized carbons (Fsp3) is 0.440. The standard InChI is InChI=1S/C25H29FN2O5.ClH/c1-28(13-16-33-19-5-3-2-4-6-19)25(11-14-32-15-12-25)23(31)27-24(9-10-24)18-7-8-20(22(29)30)21(26)17-18;/h2-8,17H,9-16H2,1H3,(H,27,31)(H,29,30);1H. The van der Waals surface area contributed by atoms with Crippen LogP contribution < -0.4 is 10.1 Å². The third-order valence-electron chi connectivity index (χ3n) is 6.77. The minimum Gasteiger partial charge on any atom is -0.492 e. The molecule has 1 saturated heterocycles. The summed E-state index contributed by atoms with van der Waals surface area (Å²) in [5.74, 6) is -1.45. The van der Waals surface area contributed by atoms with Crippen molar-refractivity contribution in [3.63, 3.8) is 0 Å². The van der Waals surface area contributed by atoms with Gasteiger partial charge in [0, 0.05) is 19.8 Å². The monoisotopic (exact) mass is 492 g/mol. The van der Waals surface area contributed by atoms with Crippen molar-refractivity contribution < 1.29 is 28.6 Å². The lowest BCUT2D eigenvalue weighted by Crippen LogP contribution is -2.62. The van der Waals surface area contributed by atoms with E-state index < -0.39 is 22.9 Å². The van der Waals surface area contributed by atoms with Crippen LogP contribution in [0.2, 0.25) is 0 Å². The highest BCUT2D eigenvalue weighted by atomic mass is 35.5. The molecule has 1 saturated carbocycles. The first-order chi connectivity index (χ1) is 15.9. The number of para-hydroxylation sites is 1. The summed E-state index contributed by atoms with van der Waals surface area (Å²) in [7, 11) is 1.92. The second kappa shape index (κ2) is 10.7. The number of rotatable bonds is 9. The Morgan fingerprint density at radius 2 is 1.79 bits per heavy atom. The number of hydrogen-bond donors (Lipinski definition) is 2. The van der Waals surface area contributed by atoms with Crippen LogP contribution in [0.3, 0.4) is 0 Å². The highest BCUT2D eigenvalue weighted by molar-refractivity contribution is 5.89. The van der Waals surface area contributed by atoms with Gasteiger partial charge >= 0.3 is 5.97 Å². The molecule has 2 aliphatic rings. The minimum atomic E-state index is -1.31. The Kier molecular flexibility index (Phi) is 8.17. The summed E-state index contributed by atoms with van der Waals surface area (Å²) in [5, 5.41) is 12.3. The van der Waals surface area contributed by atoms with Crippen LogP contribution in [0.15, 0.2) is 48.5 Å². The van der Waals surface area contributed by atoms with Gasteiger partial charge in [-0.15, -0.1) is 12.4 Å². The summed E-state index contributed by atoms with van der Waals surface area (Å²) >= 11 is 0. The average molecular weight is 493 g/mol. The molecule has 7 nitrogen and oxygen atoms in total. The molecule has 1 aliphatic carbocycles. The third kappa shape index (κ3) is 5.35. The molecule has 34 heavy (non-hydrogen) atoms. The average Bonchev–Trinajstić information content (AvgIpc) is 3.60. The molecule has 184 valence electrons. The van der Waals surface area contributed by atoms with E-state index in [1.807, 2.05) is 42.3 Å². The molecule has 1 aliphatic heterocycles. The summed E-state index contributed by atoms with van der Waals surface area (Å²) in [4.78, 5) is 26.8. The van der Waals surface area contributed by atoms with Gasteiger partial charge in [0.15, 0.2) is 0 Å². The number of halogens is 2. The number of aromatic carboxylic acids is 1. The Morgan fingerprint density at radius 1 is 1.12 bits per heavy atom. The van der Waals surface area contributed by atoms with Crippen molar-refractivity contribution in [2.75, 3.05) is 33.4 Å². The molecule has 0 aromatic heterocycles. The lowest BCUT2D eigenvalue weighted by molar-refractivity contribution is -0.140. The van der Waals surface area contributed by atoms with Crippen LogP contribution in [-0.2, 0) is 15.1 Å². The van der Waals surface area contributed by atoms with Gasteiger partial charge < -0.3 is 19.9 Å². The number of carboxylic acid groups (broad SMARTS) is 1. The van der Waals surface area contributed by atoms with Crippen LogP contribution >= 0.6 is 12.4 Å². The number of carboxylic acids is 1. The highest BCUT2D eigenvalue weighted by Crippen LogP contribution is 2.46. The van der Waals surface area contributed by atoms with Gasteiger partial charge in [-0.3, -0.25) is 9.69 Å². The number of nitrogens with one attached hydrogen (secondary N) is 1. The van der Waals surface area contributed by atoms with Gasteiger partial charge in [-0.25, -0.2) is 9.18 Å². The maximum atomic E-state index is 14.3. The zero-order valence-electron chi connectivity index (χ0n) is 19.1. The number of benzene rings is 2. The molecule has 1 heterocycles. The molecule has 9 heteroatoms.